The van der Waals surface area contributed by atoms with Crippen LogP contribution in [0.5, 0.6) is 0 Å². The quantitative estimate of drug-likeness (QED) is 0.807. The Hall–Kier alpha value is -1.84. The second-order valence-electron chi connectivity index (χ2n) is 4.30. The summed E-state index contributed by atoms with van der Waals surface area (Å²) < 4.78 is 0. The molecule has 4 heteroatoms. The molecule has 1 aromatic carbocycles. The number of hydrogen-bond acceptors (Lipinski definition) is 2. The summed E-state index contributed by atoms with van der Waals surface area (Å²) in [7, 11) is 0. The maximum Gasteiger partial charge on any atom is 0.325 e. The highest BCUT2D eigenvalue weighted by Gasteiger charge is 2.13. The minimum absolute atomic E-state index is 0.232. The minimum atomic E-state index is -1.02. The fourth-order valence-electron chi connectivity index (χ4n) is 1.57. The normalized spacial score (nSPS) is 11.9. The molecule has 0 aliphatic rings. The van der Waals surface area contributed by atoms with Gasteiger partial charge in [0.15, 0.2) is 0 Å². The number of rotatable bonds is 6. The molecule has 18 heavy (non-hydrogen) atoms. The van der Waals surface area contributed by atoms with Crippen molar-refractivity contribution in [2.45, 2.75) is 39.2 Å². The van der Waals surface area contributed by atoms with Crippen LogP contribution in [0.3, 0.4) is 0 Å². The van der Waals surface area contributed by atoms with Crippen LogP contribution in [0.2, 0.25) is 0 Å². The largest absolute Gasteiger partial charge is 0.480 e. The number of carboxylic acids is 1. The number of aryl methyl sites for hydroxylation is 2. The predicted molar refractivity (Wildman–Crippen MR) is 69.4 cm³/mol. The number of carbonyl (C=O) groups excluding carboxylic acids is 1. The Balaban J connectivity index is 2.40. The molecule has 2 N–H and O–H groups in total. The van der Waals surface area contributed by atoms with Gasteiger partial charge < -0.3 is 10.4 Å². The van der Waals surface area contributed by atoms with E-state index in [-0.39, 0.29) is 5.91 Å². The summed E-state index contributed by atoms with van der Waals surface area (Å²) in [6.07, 6.45) is 1.93. The minimum Gasteiger partial charge on any atom is -0.480 e. The SMILES string of the molecule is CCc1ccc(CCC(=O)N[C@@H](C)C(=O)O)cc1. The summed E-state index contributed by atoms with van der Waals surface area (Å²) in [5.41, 5.74) is 2.35. The van der Waals surface area contributed by atoms with Crippen LogP contribution in [0, 0.1) is 0 Å². The molecule has 4 nitrogen and oxygen atoms in total. The lowest BCUT2D eigenvalue weighted by atomic mass is 10.1. The zero-order valence-corrected chi connectivity index (χ0v) is 10.8. The summed E-state index contributed by atoms with van der Waals surface area (Å²) >= 11 is 0. The number of carbonyl (C=O) groups is 2. The van der Waals surface area contributed by atoms with Gasteiger partial charge in [-0.1, -0.05) is 31.2 Å². The van der Waals surface area contributed by atoms with Crippen molar-refractivity contribution in [1.82, 2.24) is 5.32 Å². The van der Waals surface area contributed by atoms with Crippen molar-refractivity contribution in [3.05, 3.63) is 35.4 Å². The number of aliphatic carboxylic acids is 1. The van der Waals surface area contributed by atoms with E-state index >= 15 is 0 Å². The smallest absolute Gasteiger partial charge is 0.325 e. The Morgan fingerprint density at radius 3 is 2.28 bits per heavy atom. The van der Waals surface area contributed by atoms with Gasteiger partial charge in [0, 0.05) is 6.42 Å². The Morgan fingerprint density at radius 1 is 1.22 bits per heavy atom. The summed E-state index contributed by atoms with van der Waals surface area (Å²) in [4.78, 5) is 22.0. The fraction of sp³-hybridized carbons (Fsp3) is 0.429. The van der Waals surface area contributed by atoms with Crippen LogP contribution in [-0.2, 0) is 22.4 Å². The summed E-state index contributed by atoms with van der Waals surface area (Å²) in [5, 5.41) is 11.1. The van der Waals surface area contributed by atoms with Gasteiger partial charge in [0.25, 0.3) is 0 Å². The lowest BCUT2D eigenvalue weighted by molar-refractivity contribution is -0.141. The molecule has 0 bridgehead atoms. The van der Waals surface area contributed by atoms with E-state index in [1.807, 2.05) is 24.3 Å². The van der Waals surface area contributed by atoms with Gasteiger partial charge in [0.2, 0.25) is 5.91 Å². The average Bonchev–Trinajstić information content (AvgIpc) is 2.36. The van der Waals surface area contributed by atoms with E-state index in [1.165, 1.54) is 12.5 Å². The molecular weight excluding hydrogens is 230 g/mol. The van der Waals surface area contributed by atoms with Crippen molar-refractivity contribution in [2.75, 3.05) is 0 Å². The molecule has 0 fully saturated rings. The number of amides is 1. The second-order valence-corrected chi connectivity index (χ2v) is 4.30. The van der Waals surface area contributed by atoms with Gasteiger partial charge in [-0.05, 0) is 30.9 Å². The predicted octanol–water partition coefficient (Wildman–Crippen LogP) is 1.77. The molecule has 0 aromatic heterocycles. The molecule has 0 radical (unpaired) electrons. The Morgan fingerprint density at radius 2 is 1.78 bits per heavy atom. The van der Waals surface area contributed by atoms with Crippen LogP contribution in [-0.4, -0.2) is 23.0 Å². The maximum absolute atomic E-state index is 11.5. The summed E-state index contributed by atoms with van der Waals surface area (Å²) in [5.74, 6) is -1.25. The molecule has 0 aliphatic heterocycles. The highest BCUT2D eigenvalue weighted by molar-refractivity contribution is 5.83. The average molecular weight is 249 g/mol. The Bertz CT molecular complexity index is 412. The van der Waals surface area contributed by atoms with Crippen molar-refractivity contribution in [3.8, 4) is 0 Å². The molecule has 0 heterocycles. The zero-order valence-electron chi connectivity index (χ0n) is 10.8. The third kappa shape index (κ3) is 4.57. The van der Waals surface area contributed by atoms with Crippen molar-refractivity contribution in [2.24, 2.45) is 0 Å². The van der Waals surface area contributed by atoms with Gasteiger partial charge >= 0.3 is 5.97 Å². The first-order valence-corrected chi connectivity index (χ1v) is 6.13. The molecule has 0 saturated carbocycles. The van der Waals surface area contributed by atoms with Crippen LogP contribution >= 0.6 is 0 Å². The van der Waals surface area contributed by atoms with Crippen LogP contribution in [0.25, 0.3) is 0 Å². The Kier molecular flexibility index (Phi) is 5.36. The first kappa shape index (κ1) is 14.2. The number of carboxylic acid groups (broad SMARTS) is 1. The highest BCUT2D eigenvalue weighted by Crippen LogP contribution is 2.07. The maximum atomic E-state index is 11.5. The Labute approximate surface area is 107 Å². The lowest BCUT2D eigenvalue weighted by Crippen LogP contribution is -2.38. The topological polar surface area (TPSA) is 66.4 Å². The monoisotopic (exact) mass is 249 g/mol. The molecule has 1 rings (SSSR count). The van der Waals surface area contributed by atoms with E-state index < -0.39 is 12.0 Å². The standard InChI is InChI=1S/C14H19NO3/c1-3-11-4-6-12(7-5-11)8-9-13(16)15-10(2)14(17)18/h4-7,10H,3,8-9H2,1-2H3,(H,15,16)(H,17,18)/t10-/m0/s1. The lowest BCUT2D eigenvalue weighted by Gasteiger charge is -2.09. The van der Waals surface area contributed by atoms with E-state index in [0.29, 0.717) is 12.8 Å². The van der Waals surface area contributed by atoms with E-state index in [1.54, 1.807) is 0 Å². The third-order valence-electron chi connectivity index (χ3n) is 2.82. The van der Waals surface area contributed by atoms with Crippen LogP contribution < -0.4 is 5.32 Å². The molecule has 0 saturated heterocycles. The van der Waals surface area contributed by atoms with Gasteiger partial charge in [-0.15, -0.1) is 0 Å². The van der Waals surface area contributed by atoms with Crippen molar-refractivity contribution < 1.29 is 14.7 Å². The molecule has 1 aromatic rings. The van der Waals surface area contributed by atoms with Gasteiger partial charge in [-0.2, -0.15) is 0 Å². The molecule has 0 aliphatic carbocycles. The van der Waals surface area contributed by atoms with E-state index in [9.17, 15) is 9.59 Å². The molecule has 1 amide bonds. The fourth-order valence-corrected chi connectivity index (χ4v) is 1.57. The highest BCUT2D eigenvalue weighted by atomic mass is 16.4. The molecule has 0 spiro atoms. The summed E-state index contributed by atoms with van der Waals surface area (Å²) in [6.45, 7) is 3.55. The second kappa shape index (κ2) is 6.79. The third-order valence-corrected chi connectivity index (χ3v) is 2.82. The van der Waals surface area contributed by atoms with E-state index in [0.717, 1.165) is 12.0 Å². The summed E-state index contributed by atoms with van der Waals surface area (Å²) in [6, 6.07) is 7.28. The zero-order chi connectivity index (χ0) is 13.5. The molecule has 0 unspecified atom stereocenters. The van der Waals surface area contributed by atoms with Gasteiger partial charge in [0.05, 0.1) is 0 Å². The van der Waals surface area contributed by atoms with Crippen LogP contribution in [0.4, 0.5) is 0 Å². The van der Waals surface area contributed by atoms with E-state index in [4.69, 9.17) is 5.11 Å². The molecule has 98 valence electrons. The number of hydrogen-bond donors (Lipinski definition) is 2. The van der Waals surface area contributed by atoms with Gasteiger partial charge in [-0.3, -0.25) is 9.59 Å². The number of benzene rings is 1. The van der Waals surface area contributed by atoms with Gasteiger partial charge in [-0.25, -0.2) is 0 Å². The first-order chi connectivity index (χ1) is 8.52. The molecule has 1 atom stereocenters. The van der Waals surface area contributed by atoms with Crippen molar-refractivity contribution in [1.29, 1.82) is 0 Å². The van der Waals surface area contributed by atoms with Crippen molar-refractivity contribution >= 4 is 11.9 Å². The van der Waals surface area contributed by atoms with Crippen LogP contribution in [0.1, 0.15) is 31.4 Å². The van der Waals surface area contributed by atoms with Crippen molar-refractivity contribution in [3.63, 3.8) is 0 Å². The van der Waals surface area contributed by atoms with Crippen LogP contribution in [0.15, 0.2) is 24.3 Å². The number of nitrogens with one attached hydrogen (secondary N) is 1. The van der Waals surface area contributed by atoms with Gasteiger partial charge in [0.1, 0.15) is 6.04 Å². The first-order valence-electron chi connectivity index (χ1n) is 6.13. The molecular formula is C14H19NO3. The van der Waals surface area contributed by atoms with E-state index in [2.05, 4.69) is 12.2 Å².